The minimum atomic E-state index is -0.845. The van der Waals surface area contributed by atoms with Crippen molar-refractivity contribution < 1.29 is 28.9 Å². The fourth-order valence-corrected chi connectivity index (χ4v) is 4.43. The number of imidazole rings is 1. The molecular weight excluding hydrogens is 462 g/mol. The van der Waals surface area contributed by atoms with Crippen molar-refractivity contribution in [1.82, 2.24) is 14.5 Å². The van der Waals surface area contributed by atoms with Gasteiger partial charge >= 0.3 is 0 Å². The highest BCUT2D eigenvalue weighted by atomic mass is 16.5. The van der Waals surface area contributed by atoms with Gasteiger partial charge < -0.3 is 28.8 Å². The predicted molar refractivity (Wildman–Crippen MR) is 133 cm³/mol. The molecule has 1 aliphatic rings. The maximum absolute atomic E-state index is 13.3. The zero-order chi connectivity index (χ0) is 25.8. The van der Waals surface area contributed by atoms with Crippen LogP contribution in [0.3, 0.4) is 0 Å². The number of ketones is 1. The Morgan fingerprint density at radius 2 is 1.67 bits per heavy atom. The van der Waals surface area contributed by atoms with E-state index in [0.29, 0.717) is 41.3 Å². The van der Waals surface area contributed by atoms with Crippen molar-refractivity contribution in [2.45, 2.75) is 25.9 Å². The number of nitrogens with zero attached hydrogens (tertiary/aromatic N) is 3. The second-order valence-corrected chi connectivity index (χ2v) is 8.47. The third-order valence-corrected chi connectivity index (χ3v) is 6.24. The summed E-state index contributed by atoms with van der Waals surface area (Å²) in [5.41, 5.74) is 2.03. The number of carbonyl (C=O) groups is 2. The first-order chi connectivity index (χ1) is 17.4. The van der Waals surface area contributed by atoms with Crippen LogP contribution >= 0.6 is 0 Å². The largest absolute Gasteiger partial charge is 0.507 e. The number of aliphatic hydroxyl groups is 1. The summed E-state index contributed by atoms with van der Waals surface area (Å²) in [6.45, 7) is 2.83. The van der Waals surface area contributed by atoms with Crippen molar-refractivity contribution in [3.8, 4) is 17.2 Å². The Kier molecular flexibility index (Phi) is 7.28. The van der Waals surface area contributed by atoms with Crippen molar-refractivity contribution in [2.24, 2.45) is 0 Å². The molecule has 0 aliphatic carbocycles. The van der Waals surface area contributed by atoms with E-state index >= 15 is 0 Å². The SMILES string of the molecule is COc1cc([C@@H]2/C(=C(\O)c3ccc(C)cc3)C(=O)C(=O)N2CCCn2ccnc2)cc(OC)c1OC. The van der Waals surface area contributed by atoms with E-state index in [-0.39, 0.29) is 17.9 Å². The number of methoxy groups -OCH3 is 3. The van der Waals surface area contributed by atoms with Crippen LogP contribution in [0.5, 0.6) is 17.2 Å². The fraction of sp³-hybridized carbons (Fsp3) is 0.296. The molecule has 9 nitrogen and oxygen atoms in total. The number of benzene rings is 2. The average molecular weight is 492 g/mol. The average Bonchev–Trinajstić information content (AvgIpc) is 3.50. The molecule has 2 heterocycles. The number of ether oxygens (including phenoxy) is 3. The molecule has 0 radical (unpaired) electrons. The van der Waals surface area contributed by atoms with Crippen LogP contribution in [0.2, 0.25) is 0 Å². The molecule has 1 fully saturated rings. The summed E-state index contributed by atoms with van der Waals surface area (Å²) >= 11 is 0. The Bertz CT molecular complexity index is 1260. The third-order valence-electron chi connectivity index (χ3n) is 6.24. The monoisotopic (exact) mass is 491 g/mol. The van der Waals surface area contributed by atoms with Gasteiger partial charge in [0.15, 0.2) is 11.5 Å². The zero-order valence-electron chi connectivity index (χ0n) is 20.7. The number of likely N-dealkylation sites (tertiary alicyclic amines) is 1. The number of aromatic nitrogens is 2. The fourth-order valence-electron chi connectivity index (χ4n) is 4.43. The quantitative estimate of drug-likeness (QED) is 0.276. The maximum Gasteiger partial charge on any atom is 0.295 e. The molecule has 2 aromatic carbocycles. The molecule has 1 aromatic heterocycles. The van der Waals surface area contributed by atoms with Gasteiger partial charge in [0.25, 0.3) is 11.7 Å². The van der Waals surface area contributed by atoms with Gasteiger partial charge in [-0.2, -0.15) is 0 Å². The first kappa shape index (κ1) is 24.8. The van der Waals surface area contributed by atoms with E-state index in [2.05, 4.69) is 4.98 Å². The van der Waals surface area contributed by atoms with Crippen LogP contribution in [-0.2, 0) is 16.1 Å². The van der Waals surface area contributed by atoms with E-state index in [0.717, 1.165) is 5.56 Å². The summed E-state index contributed by atoms with van der Waals surface area (Å²) in [5.74, 6) is -0.497. The molecule has 1 N–H and O–H groups in total. The molecule has 0 spiro atoms. The van der Waals surface area contributed by atoms with Crippen molar-refractivity contribution in [3.05, 3.63) is 77.4 Å². The van der Waals surface area contributed by atoms with Crippen LogP contribution in [0.15, 0.2) is 60.7 Å². The first-order valence-corrected chi connectivity index (χ1v) is 11.5. The van der Waals surface area contributed by atoms with Gasteiger partial charge in [-0.05, 0) is 31.0 Å². The van der Waals surface area contributed by atoms with Crippen LogP contribution in [0.25, 0.3) is 5.76 Å². The Hall–Kier alpha value is -4.27. The van der Waals surface area contributed by atoms with E-state index in [1.165, 1.54) is 26.2 Å². The van der Waals surface area contributed by atoms with E-state index in [1.54, 1.807) is 36.8 Å². The molecule has 1 aliphatic heterocycles. The normalized spacial score (nSPS) is 16.9. The van der Waals surface area contributed by atoms with E-state index < -0.39 is 17.7 Å². The molecule has 1 amide bonds. The Morgan fingerprint density at radius 3 is 2.22 bits per heavy atom. The molecule has 0 unspecified atom stereocenters. The minimum absolute atomic E-state index is 0.0146. The van der Waals surface area contributed by atoms with E-state index in [1.807, 2.05) is 29.8 Å². The summed E-state index contributed by atoms with van der Waals surface area (Å²) in [6.07, 6.45) is 5.79. The number of hydrogen-bond acceptors (Lipinski definition) is 7. The highest BCUT2D eigenvalue weighted by Gasteiger charge is 2.46. The van der Waals surface area contributed by atoms with Crippen molar-refractivity contribution >= 4 is 17.4 Å². The van der Waals surface area contributed by atoms with Crippen molar-refractivity contribution in [1.29, 1.82) is 0 Å². The van der Waals surface area contributed by atoms with Crippen LogP contribution in [-0.4, -0.2) is 59.1 Å². The van der Waals surface area contributed by atoms with Gasteiger partial charge in [0.05, 0.1) is 39.3 Å². The highest BCUT2D eigenvalue weighted by Crippen LogP contribution is 2.45. The lowest BCUT2D eigenvalue weighted by Gasteiger charge is -2.26. The first-order valence-electron chi connectivity index (χ1n) is 11.5. The second-order valence-electron chi connectivity index (χ2n) is 8.47. The highest BCUT2D eigenvalue weighted by molar-refractivity contribution is 6.46. The van der Waals surface area contributed by atoms with Gasteiger partial charge in [-0.25, -0.2) is 4.98 Å². The second kappa shape index (κ2) is 10.6. The minimum Gasteiger partial charge on any atom is -0.507 e. The molecule has 1 atom stereocenters. The van der Waals surface area contributed by atoms with Gasteiger partial charge in [-0.15, -0.1) is 0 Å². The predicted octanol–water partition coefficient (Wildman–Crippen LogP) is 3.73. The molecule has 4 rings (SSSR count). The third kappa shape index (κ3) is 4.64. The molecular formula is C27H29N3O6. The number of aliphatic hydroxyl groups excluding tert-OH is 1. The van der Waals surface area contributed by atoms with Crippen LogP contribution < -0.4 is 14.2 Å². The lowest BCUT2D eigenvalue weighted by Crippen LogP contribution is -2.31. The number of Topliss-reactive ketones (excluding diaryl/α,β-unsaturated/α-hetero) is 1. The van der Waals surface area contributed by atoms with Gasteiger partial charge in [0, 0.05) is 31.0 Å². The van der Waals surface area contributed by atoms with Gasteiger partial charge in [0.1, 0.15) is 5.76 Å². The molecule has 0 bridgehead atoms. The lowest BCUT2D eigenvalue weighted by molar-refractivity contribution is -0.139. The molecule has 188 valence electrons. The summed E-state index contributed by atoms with van der Waals surface area (Å²) in [5, 5.41) is 11.3. The standard InChI is InChI=1S/C27H29N3O6/c1-17-6-8-18(9-7-17)24(31)22-23(19-14-20(34-2)26(36-4)21(15-19)35-3)30(27(33)25(22)32)12-5-11-29-13-10-28-16-29/h6-10,13-16,23,31H,5,11-12H2,1-4H3/b24-22+/t23-/m1/s1. The van der Waals surface area contributed by atoms with E-state index in [4.69, 9.17) is 14.2 Å². The maximum atomic E-state index is 13.3. The topological polar surface area (TPSA) is 103 Å². The number of hydrogen-bond donors (Lipinski definition) is 1. The van der Waals surface area contributed by atoms with Gasteiger partial charge in [-0.1, -0.05) is 29.8 Å². The molecule has 0 saturated carbocycles. The van der Waals surface area contributed by atoms with Gasteiger partial charge in [0.2, 0.25) is 5.75 Å². The Balaban J connectivity index is 1.83. The van der Waals surface area contributed by atoms with E-state index in [9.17, 15) is 14.7 Å². The number of aryl methyl sites for hydroxylation is 2. The zero-order valence-corrected chi connectivity index (χ0v) is 20.7. The number of amides is 1. The summed E-state index contributed by atoms with van der Waals surface area (Å²) in [6, 6.07) is 9.68. The summed E-state index contributed by atoms with van der Waals surface area (Å²) in [4.78, 5) is 32.1. The number of carbonyl (C=O) groups excluding carboxylic acids is 2. The Labute approximate surface area is 209 Å². The van der Waals surface area contributed by atoms with Crippen LogP contribution in [0.1, 0.15) is 29.2 Å². The number of rotatable bonds is 9. The van der Waals surface area contributed by atoms with Crippen LogP contribution in [0, 0.1) is 6.92 Å². The van der Waals surface area contributed by atoms with Crippen LogP contribution in [0.4, 0.5) is 0 Å². The Morgan fingerprint density at radius 1 is 1.00 bits per heavy atom. The summed E-state index contributed by atoms with van der Waals surface area (Å²) < 4.78 is 18.4. The van der Waals surface area contributed by atoms with Gasteiger partial charge in [-0.3, -0.25) is 9.59 Å². The molecule has 36 heavy (non-hydrogen) atoms. The smallest absolute Gasteiger partial charge is 0.295 e. The lowest BCUT2D eigenvalue weighted by atomic mass is 9.94. The molecule has 9 heteroatoms. The summed E-state index contributed by atoms with van der Waals surface area (Å²) in [7, 11) is 4.49. The molecule has 3 aromatic rings. The molecule has 1 saturated heterocycles. The van der Waals surface area contributed by atoms with Crippen molar-refractivity contribution in [3.63, 3.8) is 0 Å². The van der Waals surface area contributed by atoms with Crippen molar-refractivity contribution in [2.75, 3.05) is 27.9 Å².